The SMILES string of the molecule is COc1cccc(C=NNc2nc(-c3ccccc3Cl)nc3ccccc23)c1. The normalized spacial score (nSPS) is 11.1. The molecule has 6 heteroatoms. The lowest BCUT2D eigenvalue weighted by Crippen LogP contribution is -1.99. The number of nitrogens with zero attached hydrogens (tertiary/aromatic N) is 3. The number of hydrogen-bond donors (Lipinski definition) is 1. The lowest BCUT2D eigenvalue weighted by atomic mass is 10.2. The van der Waals surface area contributed by atoms with Gasteiger partial charge in [0.15, 0.2) is 11.6 Å². The van der Waals surface area contributed by atoms with Gasteiger partial charge in [0.25, 0.3) is 0 Å². The molecule has 0 aliphatic heterocycles. The average Bonchev–Trinajstić information content (AvgIpc) is 2.74. The van der Waals surface area contributed by atoms with Gasteiger partial charge in [-0.1, -0.05) is 48.0 Å². The van der Waals surface area contributed by atoms with Crippen LogP contribution in [0.3, 0.4) is 0 Å². The Morgan fingerprint density at radius 2 is 1.79 bits per heavy atom. The third kappa shape index (κ3) is 3.80. The lowest BCUT2D eigenvalue weighted by molar-refractivity contribution is 0.415. The Balaban J connectivity index is 1.71. The number of ether oxygens (including phenoxy) is 1. The monoisotopic (exact) mass is 388 g/mol. The van der Waals surface area contributed by atoms with E-state index >= 15 is 0 Å². The standard InChI is InChI=1S/C22H17ClN4O/c1-28-16-8-6-7-15(13-16)14-24-27-22-18-10-3-5-12-20(18)25-21(26-22)17-9-2-4-11-19(17)23/h2-14H,1H3,(H,25,26,27). The largest absolute Gasteiger partial charge is 0.497 e. The Labute approximate surface area is 167 Å². The summed E-state index contributed by atoms with van der Waals surface area (Å²) in [7, 11) is 1.64. The number of methoxy groups -OCH3 is 1. The minimum Gasteiger partial charge on any atom is -0.497 e. The van der Waals surface area contributed by atoms with Gasteiger partial charge in [0.1, 0.15) is 5.75 Å². The van der Waals surface area contributed by atoms with Crippen molar-refractivity contribution in [2.24, 2.45) is 5.10 Å². The first-order valence-electron chi connectivity index (χ1n) is 8.69. The zero-order valence-electron chi connectivity index (χ0n) is 15.1. The zero-order chi connectivity index (χ0) is 19.3. The van der Waals surface area contributed by atoms with Crippen molar-refractivity contribution in [1.82, 2.24) is 9.97 Å². The van der Waals surface area contributed by atoms with Gasteiger partial charge in [0, 0.05) is 10.9 Å². The highest BCUT2D eigenvalue weighted by Gasteiger charge is 2.11. The van der Waals surface area contributed by atoms with Gasteiger partial charge in [0.2, 0.25) is 0 Å². The van der Waals surface area contributed by atoms with Crippen LogP contribution < -0.4 is 10.2 Å². The van der Waals surface area contributed by atoms with Crippen LogP contribution in [0.25, 0.3) is 22.3 Å². The van der Waals surface area contributed by atoms with Crippen molar-refractivity contribution in [1.29, 1.82) is 0 Å². The quantitative estimate of drug-likeness (QED) is 0.367. The smallest absolute Gasteiger partial charge is 0.163 e. The number of para-hydroxylation sites is 1. The fourth-order valence-electron chi connectivity index (χ4n) is 2.81. The highest BCUT2D eigenvalue weighted by Crippen LogP contribution is 2.29. The summed E-state index contributed by atoms with van der Waals surface area (Å²) >= 11 is 6.33. The molecule has 138 valence electrons. The maximum Gasteiger partial charge on any atom is 0.163 e. The molecule has 1 aromatic heterocycles. The molecule has 1 N–H and O–H groups in total. The minimum atomic E-state index is 0.545. The number of hydrogen-bond acceptors (Lipinski definition) is 5. The van der Waals surface area contributed by atoms with Gasteiger partial charge < -0.3 is 4.74 Å². The topological polar surface area (TPSA) is 59.4 Å². The summed E-state index contributed by atoms with van der Waals surface area (Å²) in [5.41, 5.74) is 5.54. The molecule has 1 heterocycles. The second kappa shape index (κ2) is 8.06. The van der Waals surface area contributed by atoms with E-state index < -0.39 is 0 Å². The fourth-order valence-corrected chi connectivity index (χ4v) is 3.03. The summed E-state index contributed by atoms with van der Waals surface area (Å²) in [5, 5.41) is 5.82. The summed E-state index contributed by atoms with van der Waals surface area (Å²) in [5.74, 6) is 1.93. The molecule has 0 unspecified atom stereocenters. The molecule has 4 rings (SSSR count). The van der Waals surface area contributed by atoms with E-state index in [1.807, 2.05) is 72.8 Å². The van der Waals surface area contributed by atoms with E-state index in [4.69, 9.17) is 16.3 Å². The third-order valence-electron chi connectivity index (χ3n) is 4.20. The fraction of sp³-hybridized carbons (Fsp3) is 0.0455. The molecule has 3 aromatic carbocycles. The molecule has 0 spiro atoms. The Morgan fingerprint density at radius 3 is 2.64 bits per heavy atom. The second-order valence-corrected chi connectivity index (χ2v) is 6.45. The van der Waals surface area contributed by atoms with Crippen molar-refractivity contribution >= 4 is 34.5 Å². The van der Waals surface area contributed by atoms with Crippen LogP contribution >= 0.6 is 11.6 Å². The van der Waals surface area contributed by atoms with Gasteiger partial charge in [-0.2, -0.15) is 5.10 Å². The van der Waals surface area contributed by atoms with E-state index in [0.717, 1.165) is 27.8 Å². The van der Waals surface area contributed by atoms with E-state index in [1.165, 1.54) is 0 Å². The first-order valence-corrected chi connectivity index (χ1v) is 9.07. The number of halogens is 1. The third-order valence-corrected chi connectivity index (χ3v) is 4.53. The first kappa shape index (κ1) is 17.9. The van der Waals surface area contributed by atoms with Gasteiger partial charge in [-0.15, -0.1) is 0 Å². The molecule has 0 bridgehead atoms. The number of nitrogens with one attached hydrogen (secondary N) is 1. The van der Waals surface area contributed by atoms with Crippen molar-refractivity contribution in [2.45, 2.75) is 0 Å². The van der Waals surface area contributed by atoms with E-state index in [2.05, 4.69) is 20.5 Å². The van der Waals surface area contributed by atoms with Gasteiger partial charge in [0.05, 0.1) is 23.9 Å². The molecule has 0 radical (unpaired) electrons. The van der Waals surface area contributed by atoms with Crippen molar-refractivity contribution in [3.05, 3.63) is 83.4 Å². The molecule has 0 saturated heterocycles. The number of hydrazone groups is 1. The van der Waals surface area contributed by atoms with Crippen molar-refractivity contribution in [3.8, 4) is 17.1 Å². The molecule has 0 fully saturated rings. The van der Waals surface area contributed by atoms with Gasteiger partial charge in [-0.3, -0.25) is 5.43 Å². The lowest BCUT2D eigenvalue weighted by Gasteiger charge is -2.09. The highest BCUT2D eigenvalue weighted by molar-refractivity contribution is 6.33. The van der Waals surface area contributed by atoms with Crippen LogP contribution in [0.1, 0.15) is 5.56 Å². The molecular weight excluding hydrogens is 372 g/mol. The Hall–Kier alpha value is -3.44. The molecule has 0 aliphatic rings. The highest BCUT2D eigenvalue weighted by atomic mass is 35.5. The van der Waals surface area contributed by atoms with Crippen LogP contribution in [-0.4, -0.2) is 23.3 Å². The van der Waals surface area contributed by atoms with Crippen LogP contribution in [0.4, 0.5) is 5.82 Å². The summed E-state index contributed by atoms with van der Waals surface area (Å²) in [4.78, 5) is 9.30. The molecule has 5 nitrogen and oxygen atoms in total. The molecule has 0 aliphatic carbocycles. The molecular formula is C22H17ClN4O. The summed E-state index contributed by atoms with van der Waals surface area (Å²) in [6.45, 7) is 0. The van der Waals surface area contributed by atoms with Crippen LogP contribution in [0.15, 0.2) is 77.9 Å². The molecule has 28 heavy (non-hydrogen) atoms. The van der Waals surface area contributed by atoms with Crippen LogP contribution in [0, 0.1) is 0 Å². The van der Waals surface area contributed by atoms with Crippen molar-refractivity contribution in [2.75, 3.05) is 12.5 Å². The predicted octanol–water partition coefficient (Wildman–Crippen LogP) is 5.40. The minimum absolute atomic E-state index is 0.545. The second-order valence-electron chi connectivity index (χ2n) is 6.04. The Kier molecular flexibility index (Phi) is 5.17. The van der Waals surface area contributed by atoms with E-state index in [0.29, 0.717) is 16.7 Å². The Bertz CT molecular complexity index is 1160. The summed E-state index contributed by atoms with van der Waals surface area (Å²) in [6, 6.07) is 22.9. The number of anilines is 1. The van der Waals surface area contributed by atoms with Crippen molar-refractivity contribution < 1.29 is 4.74 Å². The molecule has 0 saturated carbocycles. The maximum absolute atomic E-state index is 6.33. The number of aromatic nitrogens is 2. The number of rotatable bonds is 5. The summed E-state index contributed by atoms with van der Waals surface area (Å²) in [6.07, 6.45) is 1.72. The average molecular weight is 389 g/mol. The summed E-state index contributed by atoms with van der Waals surface area (Å²) < 4.78 is 5.24. The Morgan fingerprint density at radius 1 is 0.964 bits per heavy atom. The molecule has 4 aromatic rings. The first-order chi connectivity index (χ1) is 13.7. The van der Waals surface area contributed by atoms with E-state index in [-0.39, 0.29) is 0 Å². The van der Waals surface area contributed by atoms with Crippen LogP contribution in [-0.2, 0) is 0 Å². The van der Waals surface area contributed by atoms with E-state index in [9.17, 15) is 0 Å². The predicted molar refractivity (Wildman–Crippen MR) is 114 cm³/mol. The van der Waals surface area contributed by atoms with Crippen LogP contribution in [0.2, 0.25) is 5.02 Å². The van der Waals surface area contributed by atoms with Gasteiger partial charge in [-0.05, 0) is 42.0 Å². The zero-order valence-corrected chi connectivity index (χ0v) is 15.9. The molecule has 0 amide bonds. The van der Waals surface area contributed by atoms with Crippen molar-refractivity contribution in [3.63, 3.8) is 0 Å². The molecule has 0 atom stereocenters. The number of benzene rings is 3. The van der Waals surface area contributed by atoms with Crippen LogP contribution in [0.5, 0.6) is 5.75 Å². The maximum atomic E-state index is 6.33. The van der Waals surface area contributed by atoms with E-state index in [1.54, 1.807) is 13.3 Å². The number of fused-ring (bicyclic) bond motifs is 1. The van der Waals surface area contributed by atoms with Gasteiger partial charge in [-0.25, -0.2) is 9.97 Å². The van der Waals surface area contributed by atoms with Gasteiger partial charge >= 0.3 is 0 Å².